The van der Waals surface area contributed by atoms with Crippen LogP contribution in [-0.4, -0.2) is 22.5 Å². The standard InChI is InChI=1S/C10H7F3N2O2/c1-2-17-8(16)4-3-7-5-14-9(15-6-7)10(11,12)13/h5-6H,2H2,1H3. The van der Waals surface area contributed by atoms with Crippen LogP contribution in [0.2, 0.25) is 0 Å². The zero-order valence-electron chi connectivity index (χ0n) is 8.71. The summed E-state index contributed by atoms with van der Waals surface area (Å²) in [5.41, 5.74) is 0.103. The third kappa shape index (κ3) is 4.10. The second-order valence-corrected chi connectivity index (χ2v) is 2.76. The lowest BCUT2D eigenvalue weighted by Gasteiger charge is -2.02. The first-order chi connectivity index (χ1) is 7.93. The highest BCUT2D eigenvalue weighted by molar-refractivity contribution is 5.89. The minimum Gasteiger partial charge on any atom is -0.456 e. The summed E-state index contributed by atoms with van der Waals surface area (Å²) in [5.74, 6) is 2.37. The number of esters is 1. The van der Waals surface area contributed by atoms with Crippen molar-refractivity contribution in [3.63, 3.8) is 0 Å². The van der Waals surface area contributed by atoms with Gasteiger partial charge in [-0.1, -0.05) is 5.92 Å². The van der Waals surface area contributed by atoms with E-state index >= 15 is 0 Å². The number of ether oxygens (including phenoxy) is 1. The van der Waals surface area contributed by atoms with Gasteiger partial charge < -0.3 is 4.74 Å². The van der Waals surface area contributed by atoms with Gasteiger partial charge in [0.1, 0.15) is 0 Å². The zero-order valence-corrected chi connectivity index (χ0v) is 8.71. The first-order valence-electron chi connectivity index (χ1n) is 4.51. The molecule has 0 N–H and O–H groups in total. The maximum atomic E-state index is 12.1. The highest BCUT2D eigenvalue weighted by Crippen LogP contribution is 2.25. The molecule has 0 amide bonds. The van der Waals surface area contributed by atoms with Crippen LogP contribution in [0, 0.1) is 11.8 Å². The lowest BCUT2D eigenvalue weighted by Crippen LogP contribution is -2.10. The molecule has 0 radical (unpaired) electrons. The molecule has 17 heavy (non-hydrogen) atoms. The van der Waals surface area contributed by atoms with E-state index < -0.39 is 18.0 Å². The van der Waals surface area contributed by atoms with Gasteiger partial charge in [0.2, 0.25) is 5.82 Å². The number of carbonyl (C=O) groups is 1. The van der Waals surface area contributed by atoms with Crippen molar-refractivity contribution in [2.24, 2.45) is 0 Å². The first kappa shape index (κ1) is 13.0. The van der Waals surface area contributed by atoms with Gasteiger partial charge in [0.05, 0.1) is 12.2 Å². The van der Waals surface area contributed by atoms with Crippen molar-refractivity contribution >= 4 is 5.97 Å². The molecule has 0 fully saturated rings. The lowest BCUT2D eigenvalue weighted by atomic mass is 10.3. The summed E-state index contributed by atoms with van der Waals surface area (Å²) in [6.45, 7) is 1.79. The second-order valence-electron chi connectivity index (χ2n) is 2.76. The summed E-state index contributed by atoms with van der Waals surface area (Å²) in [6, 6.07) is 0. The number of carbonyl (C=O) groups excluding carboxylic acids is 1. The number of nitrogens with zero attached hydrogens (tertiary/aromatic N) is 2. The van der Waals surface area contributed by atoms with Gasteiger partial charge in [0.25, 0.3) is 0 Å². The Labute approximate surface area is 94.8 Å². The van der Waals surface area contributed by atoms with E-state index in [9.17, 15) is 18.0 Å². The summed E-state index contributed by atoms with van der Waals surface area (Å²) in [5, 5.41) is 0. The predicted molar refractivity (Wildman–Crippen MR) is 50.5 cm³/mol. The van der Waals surface area contributed by atoms with Crippen LogP contribution in [0.3, 0.4) is 0 Å². The number of halogens is 3. The van der Waals surface area contributed by atoms with Crippen molar-refractivity contribution < 1.29 is 22.7 Å². The SMILES string of the molecule is CCOC(=O)C#Cc1cnc(C(F)(F)F)nc1. The summed E-state index contributed by atoms with van der Waals surface area (Å²) in [4.78, 5) is 17.0. The van der Waals surface area contributed by atoms with Crippen LogP contribution in [0.25, 0.3) is 0 Å². The van der Waals surface area contributed by atoms with Crippen molar-refractivity contribution in [3.8, 4) is 11.8 Å². The molecule has 1 aromatic rings. The van der Waals surface area contributed by atoms with Crippen LogP contribution in [-0.2, 0) is 15.7 Å². The molecule has 0 saturated carbocycles. The van der Waals surface area contributed by atoms with Crippen molar-refractivity contribution in [3.05, 3.63) is 23.8 Å². The monoisotopic (exact) mass is 244 g/mol. The Morgan fingerprint density at radius 3 is 2.47 bits per heavy atom. The van der Waals surface area contributed by atoms with Gasteiger partial charge in [0, 0.05) is 18.3 Å². The smallest absolute Gasteiger partial charge is 0.451 e. The Hall–Kier alpha value is -2.10. The van der Waals surface area contributed by atoms with E-state index in [1.165, 1.54) is 0 Å². The Kier molecular flexibility index (Phi) is 4.04. The minimum absolute atomic E-state index is 0.103. The number of hydrogen-bond donors (Lipinski definition) is 0. The molecule has 7 heteroatoms. The van der Waals surface area contributed by atoms with Crippen molar-refractivity contribution in [1.29, 1.82) is 0 Å². The molecule has 0 aromatic carbocycles. The summed E-state index contributed by atoms with van der Waals surface area (Å²) in [6.07, 6.45) is -2.81. The summed E-state index contributed by atoms with van der Waals surface area (Å²) >= 11 is 0. The van der Waals surface area contributed by atoms with Gasteiger partial charge in [-0.25, -0.2) is 14.8 Å². The second kappa shape index (κ2) is 5.30. The van der Waals surface area contributed by atoms with Gasteiger partial charge in [-0.2, -0.15) is 13.2 Å². The molecule has 0 spiro atoms. The summed E-state index contributed by atoms with van der Waals surface area (Å²) < 4.78 is 40.8. The molecule has 0 bridgehead atoms. The van der Waals surface area contributed by atoms with E-state index in [1.807, 2.05) is 0 Å². The zero-order chi connectivity index (χ0) is 12.9. The molecular formula is C10H7F3N2O2. The Balaban J connectivity index is 2.79. The van der Waals surface area contributed by atoms with Crippen molar-refractivity contribution in [1.82, 2.24) is 9.97 Å². The van der Waals surface area contributed by atoms with Crippen LogP contribution < -0.4 is 0 Å². The molecule has 0 aliphatic carbocycles. The number of rotatable bonds is 1. The van der Waals surface area contributed by atoms with E-state index in [1.54, 1.807) is 6.92 Å². The Morgan fingerprint density at radius 2 is 2.00 bits per heavy atom. The fraction of sp³-hybridized carbons (Fsp3) is 0.300. The molecule has 0 atom stereocenters. The summed E-state index contributed by atoms with van der Waals surface area (Å²) in [7, 11) is 0. The van der Waals surface area contributed by atoms with Gasteiger partial charge in [-0.15, -0.1) is 0 Å². The lowest BCUT2D eigenvalue weighted by molar-refractivity contribution is -0.145. The highest BCUT2D eigenvalue weighted by Gasteiger charge is 2.34. The van der Waals surface area contributed by atoms with Crippen molar-refractivity contribution in [2.45, 2.75) is 13.1 Å². The van der Waals surface area contributed by atoms with Crippen LogP contribution in [0.4, 0.5) is 13.2 Å². The van der Waals surface area contributed by atoms with E-state index in [2.05, 4.69) is 26.5 Å². The molecule has 1 heterocycles. The predicted octanol–water partition coefficient (Wildman–Crippen LogP) is 1.41. The average molecular weight is 244 g/mol. The third-order valence-electron chi connectivity index (χ3n) is 1.49. The maximum absolute atomic E-state index is 12.1. The average Bonchev–Trinajstić information content (AvgIpc) is 2.26. The number of aromatic nitrogens is 2. The number of hydrogen-bond acceptors (Lipinski definition) is 4. The van der Waals surface area contributed by atoms with E-state index in [0.717, 1.165) is 12.4 Å². The number of alkyl halides is 3. The van der Waals surface area contributed by atoms with E-state index in [-0.39, 0.29) is 12.2 Å². The quantitative estimate of drug-likeness (QED) is 0.553. The highest BCUT2D eigenvalue weighted by atomic mass is 19.4. The molecule has 0 unspecified atom stereocenters. The van der Waals surface area contributed by atoms with Crippen LogP contribution in [0.5, 0.6) is 0 Å². The van der Waals surface area contributed by atoms with Gasteiger partial charge in [0.15, 0.2) is 0 Å². The molecule has 4 nitrogen and oxygen atoms in total. The Morgan fingerprint density at radius 1 is 1.41 bits per heavy atom. The van der Waals surface area contributed by atoms with Gasteiger partial charge >= 0.3 is 12.1 Å². The Bertz CT molecular complexity index is 457. The molecule has 0 saturated heterocycles. The van der Waals surface area contributed by atoms with Crippen LogP contribution in [0.1, 0.15) is 18.3 Å². The molecule has 90 valence electrons. The van der Waals surface area contributed by atoms with Gasteiger partial charge in [-0.3, -0.25) is 0 Å². The fourth-order valence-electron chi connectivity index (χ4n) is 0.829. The fourth-order valence-corrected chi connectivity index (χ4v) is 0.829. The molecule has 1 aromatic heterocycles. The van der Waals surface area contributed by atoms with E-state index in [0.29, 0.717) is 0 Å². The minimum atomic E-state index is -4.59. The molecule has 0 aliphatic heterocycles. The molecular weight excluding hydrogens is 237 g/mol. The first-order valence-corrected chi connectivity index (χ1v) is 4.51. The maximum Gasteiger partial charge on any atom is 0.451 e. The van der Waals surface area contributed by atoms with E-state index in [4.69, 9.17) is 0 Å². The van der Waals surface area contributed by atoms with Crippen LogP contribution in [0.15, 0.2) is 12.4 Å². The third-order valence-corrected chi connectivity index (χ3v) is 1.49. The van der Waals surface area contributed by atoms with Crippen LogP contribution >= 0.6 is 0 Å². The topological polar surface area (TPSA) is 52.1 Å². The largest absolute Gasteiger partial charge is 0.456 e. The van der Waals surface area contributed by atoms with Gasteiger partial charge in [-0.05, 0) is 6.92 Å². The van der Waals surface area contributed by atoms with Crippen molar-refractivity contribution in [2.75, 3.05) is 6.61 Å². The molecule has 1 rings (SSSR count). The molecule has 0 aliphatic rings. The normalized spacial score (nSPS) is 10.4.